The van der Waals surface area contributed by atoms with Gasteiger partial charge in [0.25, 0.3) is 0 Å². The quantitative estimate of drug-likeness (QED) is 0.387. The molecule has 6 nitrogen and oxygen atoms in total. The Morgan fingerprint density at radius 2 is 2.00 bits per heavy atom. The number of benzene rings is 1. The molecule has 1 aromatic carbocycles. The SMILES string of the molecule is CCCCCCCC(CN1CCC(C)(c2cccc(O)c2)C(C)C1)C(=O)NCCC(=O)O. The smallest absolute Gasteiger partial charge is 0.305 e. The van der Waals surface area contributed by atoms with Gasteiger partial charge in [0.1, 0.15) is 5.75 Å². The molecule has 1 aliphatic heterocycles. The lowest BCUT2D eigenvalue weighted by Crippen LogP contribution is -2.50. The zero-order valence-electron chi connectivity index (χ0n) is 20.1. The molecule has 3 atom stereocenters. The number of amides is 1. The van der Waals surface area contributed by atoms with Crippen molar-refractivity contribution in [2.24, 2.45) is 11.8 Å². The molecule has 1 amide bonds. The Kier molecular flexibility index (Phi) is 10.5. The van der Waals surface area contributed by atoms with E-state index in [9.17, 15) is 14.7 Å². The number of nitrogens with zero attached hydrogens (tertiary/aromatic N) is 1. The zero-order chi connectivity index (χ0) is 23.6. The number of rotatable bonds is 13. The van der Waals surface area contributed by atoms with Crippen LogP contribution in [0.5, 0.6) is 5.75 Å². The van der Waals surface area contributed by atoms with Crippen molar-refractivity contribution in [3.63, 3.8) is 0 Å². The number of nitrogens with one attached hydrogen (secondary N) is 1. The number of carboxylic acid groups (broad SMARTS) is 1. The van der Waals surface area contributed by atoms with Crippen molar-refractivity contribution in [2.45, 2.75) is 77.6 Å². The summed E-state index contributed by atoms with van der Waals surface area (Å²) < 4.78 is 0. The van der Waals surface area contributed by atoms with Crippen LogP contribution in [0.25, 0.3) is 0 Å². The maximum atomic E-state index is 12.8. The molecule has 1 aliphatic rings. The number of likely N-dealkylation sites (tertiary alicyclic amines) is 1. The molecule has 0 bridgehead atoms. The van der Waals surface area contributed by atoms with Crippen LogP contribution in [0.15, 0.2) is 24.3 Å². The summed E-state index contributed by atoms with van der Waals surface area (Å²) >= 11 is 0. The second-order valence-electron chi connectivity index (χ2n) is 9.71. The van der Waals surface area contributed by atoms with E-state index in [4.69, 9.17) is 5.11 Å². The number of hydrogen-bond acceptors (Lipinski definition) is 4. The molecule has 32 heavy (non-hydrogen) atoms. The van der Waals surface area contributed by atoms with Crippen LogP contribution in [0.4, 0.5) is 0 Å². The van der Waals surface area contributed by atoms with Gasteiger partial charge in [-0.25, -0.2) is 0 Å². The average Bonchev–Trinajstić information content (AvgIpc) is 2.75. The van der Waals surface area contributed by atoms with Crippen LogP contribution in [0, 0.1) is 11.8 Å². The summed E-state index contributed by atoms with van der Waals surface area (Å²) in [7, 11) is 0. The molecule has 3 N–H and O–H groups in total. The molecule has 6 heteroatoms. The summed E-state index contributed by atoms with van der Waals surface area (Å²) in [4.78, 5) is 26.0. The Morgan fingerprint density at radius 3 is 2.66 bits per heavy atom. The Bertz CT molecular complexity index is 738. The van der Waals surface area contributed by atoms with E-state index in [2.05, 4.69) is 37.1 Å². The van der Waals surface area contributed by atoms with E-state index in [1.165, 1.54) is 24.8 Å². The molecular weight excluding hydrogens is 404 g/mol. The molecular formula is C26H42N2O4. The van der Waals surface area contributed by atoms with Crippen molar-refractivity contribution in [1.29, 1.82) is 0 Å². The van der Waals surface area contributed by atoms with Crippen LogP contribution in [0.1, 0.15) is 77.7 Å². The molecule has 1 saturated heterocycles. The van der Waals surface area contributed by atoms with Gasteiger partial charge in [0, 0.05) is 19.6 Å². The number of carboxylic acids is 1. The van der Waals surface area contributed by atoms with E-state index in [-0.39, 0.29) is 30.2 Å². The average molecular weight is 447 g/mol. The molecule has 0 saturated carbocycles. The van der Waals surface area contributed by atoms with Gasteiger partial charge in [-0.05, 0) is 48.4 Å². The maximum Gasteiger partial charge on any atom is 0.305 e. The number of aliphatic carboxylic acids is 1. The first-order valence-electron chi connectivity index (χ1n) is 12.3. The largest absolute Gasteiger partial charge is 0.508 e. The lowest BCUT2D eigenvalue weighted by molar-refractivity contribution is -0.137. The fourth-order valence-corrected chi connectivity index (χ4v) is 4.82. The number of phenolic OH excluding ortho intramolecular Hbond substituents is 1. The van der Waals surface area contributed by atoms with E-state index < -0.39 is 5.97 Å². The summed E-state index contributed by atoms with van der Waals surface area (Å²) in [5, 5.41) is 21.6. The van der Waals surface area contributed by atoms with Gasteiger partial charge in [-0.2, -0.15) is 0 Å². The van der Waals surface area contributed by atoms with Gasteiger partial charge in [-0.1, -0.05) is 65.0 Å². The Morgan fingerprint density at radius 1 is 1.25 bits per heavy atom. The third-order valence-electron chi connectivity index (χ3n) is 7.22. The van der Waals surface area contributed by atoms with Crippen LogP contribution in [-0.4, -0.2) is 53.2 Å². The van der Waals surface area contributed by atoms with Crippen molar-refractivity contribution in [3.05, 3.63) is 29.8 Å². The zero-order valence-corrected chi connectivity index (χ0v) is 20.1. The Hall–Kier alpha value is -2.08. The van der Waals surface area contributed by atoms with Crippen LogP contribution in [-0.2, 0) is 15.0 Å². The summed E-state index contributed by atoms with van der Waals surface area (Å²) in [5.41, 5.74) is 1.16. The predicted octanol–water partition coefficient (Wildman–Crippen LogP) is 4.56. The van der Waals surface area contributed by atoms with Crippen LogP contribution >= 0.6 is 0 Å². The van der Waals surface area contributed by atoms with Crippen molar-refractivity contribution in [1.82, 2.24) is 10.2 Å². The number of aromatic hydroxyl groups is 1. The molecule has 1 aromatic rings. The maximum absolute atomic E-state index is 12.8. The first-order valence-corrected chi connectivity index (χ1v) is 12.3. The van der Waals surface area contributed by atoms with Crippen LogP contribution in [0.3, 0.4) is 0 Å². The third kappa shape index (κ3) is 7.80. The van der Waals surface area contributed by atoms with E-state index in [0.29, 0.717) is 18.2 Å². The van der Waals surface area contributed by atoms with Crippen LogP contribution in [0.2, 0.25) is 0 Å². The van der Waals surface area contributed by atoms with E-state index >= 15 is 0 Å². The van der Waals surface area contributed by atoms with E-state index in [0.717, 1.165) is 38.8 Å². The first-order chi connectivity index (χ1) is 15.3. The summed E-state index contributed by atoms with van der Waals surface area (Å²) in [6, 6.07) is 7.59. The monoisotopic (exact) mass is 446 g/mol. The number of unbranched alkanes of at least 4 members (excludes halogenated alkanes) is 4. The van der Waals surface area contributed by atoms with Crippen molar-refractivity contribution < 1.29 is 19.8 Å². The molecule has 1 heterocycles. The molecule has 2 rings (SSSR count). The fourth-order valence-electron chi connectivity index (χ4n) is 4.82. The number of phenols is 1. The highest BCUT2D eigenvalue weighted by Gasteiger charge is 2.39. The minimum Gasteiger partial charge on any atom is -0.508 e. The van der Waals surface area contributed by atoms with E-state index in [1.807, 2.05) is 12.1 Å². The Labute approximate surface area is 193 Å². The molecule has 0 aliphatic carbocycles. The van der Waals surface area contributed by atoms with Gasteiger partial charge < -0.3 is 20.4 Å². The molecule has 1 fully saturated rings. The second-order valence-corrected chi connectivity index (χ2v) is 9.71. The first kappa shape index (κ1) is 26.2. The number of carbonyl (C=O) groups is 2. The van der Waals surface area contributed by atoms with Gasteiger partial charge in [0.2, 0.25) is 5.91 Å². The Balaban J connectivity index is 1.97. The molecule has 0 spiro atoms. The third-order valence-corrected chi connectivity index (χ3v) is 7.22. The predicted molar refractivity (Wildman–Crippen MR) is 128 cm³/mol. The molecule has 180 valence electrons. The number of piperidine rings is 1. The van der Waals surface area contributed by atoms with Crippen LogP contribution < -0.4 is 5.32 Å². The standard InChI is InChI=1S/C26H42N2O4/c1-4-5-6-7-8-10-21(25(32)27-15-13-24(30)31)19-28-16-14-26(3,20(2)18-28)22-11-9-12-23(29)17-22/h9,11-12,17,20-21,29H,4-8,10,13-16,18-19H2,1-3H3,(H,27,32)(H,30,31). The van der Waals surface area contributed by atoms with Gasteiger partial charge in [-0.3, -0.25) is 9.59 Å². The van der Waals surface area contributed by atoms with Gasteiger partial charge in [0.05, 0.1) is 12.3 Å². The summed E-state index contributed by atoms with van der Waals surface area (Å²) in [6.45, 7) is 9.43. The van der Waals surface area contributed by atoms with Gasteiger partial charge in [-0.15, -0.1) is 0 Å². The fraction of sp³-hybridized carbons (Fsp3) is 0.692. The minimum absolute atomic E-state index is 0.00532. The minimum atomic E-state index is -0.891. The molecule has 0 aromatic heterocycles. The van der Waals surface area contributed by atoms with Crippen molar-refractivity contribution in [3.8, 4) is 5.75 Å². The molecule has 3 unspecified atom stereocenters. The second kappa shape index (κ2) is 12.8. The highest BCUT2D eigenvalue weighted by Crippen LogP contribution is 2.40. The van der Waals surface area contributed by atoms with Gasteiger partial charge in [0.15, 0.2) is 0 Å². The topological polar surface area (TPSA) is 89.9 Å². The number of carbonyl (C=O) groups excluding carboxylic acids is 1. The highest BCUT2D eigenvalue weighted by atomic mass is 16.4. The summed E-state index contributed by atoms with van der Waals surface area (Å²) in [6.07, 6.45) is 7.57. The summed E-state index contributed by atoms with van der Waals surface area (Å²) in [5.74, 6) is -0.325. The van der Waals surface area contributed by atoms with Gasteiger partial charge >= 0.3 is 5.97 Å². The lowest BCUT2D eigenvalue weighted by atomic mass is 9.68. The van der Waals surface area contributed by atoms with Crippen molar-refractivity contribution in [2.75, 3.05) is 26.2 Å². The normalized spacial score (nSPS) is 22.4. The lowest BCUT2D eigenvalue weighted by Gasteiger charge is -2.45. The number of hydrogen-bond donors (Lipinski definition) is 3. The molecule has 0 radical (unpaired) electrons. The highest BCUT2D eigenvalue weighted by molar-refractivity contribution is 5.79. The van der Waals surface area contributed by atoms with E-state index in [1.54, 1.807) is 6.07 Å². The van der Waals surface area contributed by atoms with Crippen molar-refractivity contribution >= 4 is 11.9 Å².